The van der Waals surface area contributed by atoms with Crippen molar-refractivity contribution in [2.24, 2.45) is 0 Å². The number of amides is 1. The van der Waals surface area contributed by atoms with Crippen LogP contribution in [-0.2, 0) is 24.4 Å². The molecule has 1 aromatic heterocycles. The van der Waals surface area contributed by atoms with Crippen molar-refractivity contribution in [3.8, 4) is 0 Å². The third-order valence-electron chi connectivity index (χ3n) is 3.31. The van der Waals surface area contributed by atoms with Gasteiger partial charge in [-0.05, 0) is 34.9 Å². The van der Waals surface area contributed by atoms with Gasteiger partial charge >= 0.3 is 0 Å². The van der Waals surface area contributed by atoms with Crippen LogP contribution in [0.25, 0.3) is 6.08 Å². The molecule has 2 aromatic rings. The molecule has 1 aromatic carbocycles. The molecule has 0 saturated heterocycles. The van der Waals surface area contributed by atoms with E-state index in [1.807, 2.05) is 0 Å². The number of carbonyl (C=O) groups excluding carboxylic acids is 1. The first-order valence-electron chi connectivity index (χ1n) is 6.62. The van der Waals surface area contributed by atoms with Crippen molar-refractivity contribution in [2.75, 3.05) is 0 Å². The predicted octanol–water partition coefficient (Wildman–Crippen LogP) is 2.21. The number of rotatable bonds is 4. The highest BCUT2D eigenvalue weighted by molar-refractivity contribution is 5.91. The minimum atomic E-state index is -0.125. The molecule has 4 heteroatoms. The van der Waals surface area contributed by atoms with Crippen LogP contribution in [0.3, 0.4) is 0 Å². The molecule has 0 fully saturated rings. The van der Waals surface area contributed by atoms with Gasteiger partial charge in [-0.15, -0.1) is 0 Å². The van der Waals surface area contributed by atoms with E-state index in [1.165, 1.54) is 17.2 Å². The Morgan fingerprint density at radius 1 is 1.30 bits per heavy atom. The highest BCUT2D eigenvalue weighted by atomic mass is 16.3. The number of hydrogen-bond donors (Lipinski definition) is 2. The van der Waals surface area contributed by atoms with E-state index in [1.54, 1.807) is 24.5 Å². The Bertz CT molecular complexity index is 630. The van der Waals surface area contributed by atoms with Crippen LogP contribution in [0.2, 0.25) is 0 Å². The first-order valence-corrected chi connectivity index (χ1v) is 6.62. The zero-order chi connectivity index (χ0) is 13.8. The summed E-state index contributed by atoms with van der Waals surface area (Å²) < 4.78 is 5.12. The Labute approximate surface area is 117 Å². The largest absolute Gasteiger partial charge is 0.465 e. The van der Waals surface area contributed by atoms with Crippen LogP contribution in [0.4, 0.5) is 0 Å². The van der Waals surface area contributed by atoms with Crippen molar-refractivity contribution >= 4 is 12.0 Å². The Balaban J connectivity index is 1.55. The molecular weight excluding hydrogens is 252 g/mol. The maximum Gasteiger partial charge on any atom is 0.244 e. The zero-order valence-electron chi connectivity index (χ0n) is 11.1. The summed E-state index contributed by atoms with van der Waals surface area (Å²) in [6.07, 6.45) is 4.71. The molecule has 1 amide bonds. The molecule has 0 radical (unpaired) electrons. The second-order valence-electron chi connectivity index (χ2n) is 4.77. The van der Waals surface area contributed by atoms with Crippen molar-refractivity contribution in [1.82, 2.24) is 10.6 Å². The minimum Gasteiger partial charge on any atom is -0.465 e. The van der Waals surface area contributed by atoms with E-state index >= 15 is 0 Å². The molecule has 2 N–H and O–H groups in total. The summed E-state index contributed by atoms with van der Waals surface area (Å²) in [6, 6.07) is 9.91. The van der Waals surface area contributed by atoms with Gasteiger partial charge in [0, 0.05) is 25.7 Å². The second kappa shape index (κ2) is 5.75. The maximum atomic E-state index is 11.7. The summed E-state index contributed by atoms with van der Waals surface area (Å²) in [6.45, 7) is 2.39. The topological polar surface area (TPSA) is 54.3 Å². The summed E-state index contributed by atoms with van der Waals surface area (Å²) >= 11 is 0. The third-order valence-corrected chi connectivity index (χ3v) is 3.31. The van der Waals surface area contributed by atoms with Crippen LogP contribution in [0, 0.1) is 0 Å². The summed E-state index contributed by atoms with van der Waals surface area (Å²) in [5.74, 6) is 0.545. The average Bonchev–Trinajstić information content (AvgIpc) is 3.13. The van der Waals surface area contributed by atoms with E-state index in [0.717, 1.165) is 18.7 Å². The lowest BCUT2D eigenvalue weighted by Gasteiger charge is -2.05. The number of nitrogens with one attached hydrogen (secondary N) is 2. The minimum absolute atomic E-state index is 0.125. The van der Waals surface area contributed by atoms with Gasteiger partial charge in [0.15, 0.2) is 0 Å². The maximum absolute atomic E-state index is 11.7. The van der Waals surface area contributed by atoms with E-state index in [0.29, 0.717) is 12.3 Å². The molecule has 2 heterocycles. The van der Waals surface area contributed by atoms with E-state index in [4.69, 9.17) is 4.42 Å². The normalized spacial score (nSPS) is 13.6. The SMILES string of the molecule is O=C(/C=C/c1ccco1)NCc1ccc2c(c1)CNC2. The molecule has 0 saturated carbocycles. The van der Waals surface area contributed by atoms with Gasteiger partial charge in [0.1, 0.15) is 5.76 Å². The van der Waals surface area contributed by atoms with Crippen molar-refractivity contribution in [3.05, 3.63) is 65.1 Å². The highest BCUT2D eigenvalue weighted by Gasteiger charge is 2.09. The lowest BCUT2D eigenvalue weighted by molar-refractivity contribution is -0.116. The molecule has 4 nitrogen and oxygen atoms in total. The Morgan fingerprint density at radius 3 is 3.05 bits per heavy atom. The quantitative estimate of drug-likeness (QED) is 0.836. The van der Waals surface area contributed by atoms with Crippen molar-refractivity contribution < 1.29 is 9.21 Å². The monoisotopic (exact) mass is 268 g/mol. The van der Waals surface area contributed by atoms with E-state index in [-0.39, 0.29) is 5.91 Å². The van der Waals surface area contributed by atoms with Crippen LogP contribution in [-0.4, -0.2) is 5.91 Å². The van der Waals surface area contributed by atoms with Crippen molar-refractivity contribution in [3.63, 3.8) is 0 Å². The Kier molecular flexibility index (Phi) is 3.65. The summed E-state index contributed by atoms with van der Waals surface area (Å²) in [4.78, 5) is 11.7. The second-order valence-corrected chi connectivity index (χ2v) is 4.77. The Hall–Kier alpha value is -2.33. The van der Waals surface area contributed by atoms with Crippen LogP contribution in [0.5, 0.6) is 0 Å². The van der Waals surface area contributed by atoms with Crippen LogP contribution >= 0.6 is 0 Å². The molecule has 0 spiro atoms. The molecule has 0 aliphatic carbocycles. The lowest BCUT2D eigenvalue weighted by Crippen LogP contribution is -2.20. The number of carbonyl (C=O) groups is 1. The highest BCUT2D eigenvalue weighted by Crippen LogP contribution is 2.16. The van der Waals surface area contributed by atoms with Gasteiger partial charge in [-0.3, -0.25) is 4.79 Å². The summed E-state index contributed by atoms with van der Waals surface area (Å²) in [5.41, 5.74) is 3.79. The Morgan fingerprint density at radius 2 is 2.20 bits per heavy atom. The molecule has 0 bridgehead atoms. The number of furan rings is 1. The fourth-order valence-corrected chi connectivity index (χ4v) is 2.25. The van der Waals surface area contributed by atoms with Gasteiger partial charge in [-0.2, -0.15) is 0 Å². The molecule has 20 heavy (non-hydrogen) atoms. The van der Waals surface area contributed by atoms with Crippen molar-refractivity contribution in [1.29, 1.82) is 0 Å². The standard InChI is InChI=1S/C16H16N2O2/c19-16(6-5-15-2-1-7-20-15)18-9-12-3-4-13-10-17-11-14(13)8-12/h1-8,17H,9-11H2,(H,18,19)/b6-5+. The molecule has 3 rings (SSSR count). The number of fused-ring (bicyclic) bond motifs is 1. The van der Waals surface area contributed by atoms with Gasteiger partial charge in [0.25, 0.3) is 0 Å². The van der Waals surface area contributed by atoms with Gasteiger partial charge in [0.05, 0.1) is 6.26 Å². The molecule has 0 unspecified atom stereocenters. The summed E-state index contributed by atoms with van der Waals surface area (Å²) in [7, 11) is 0. The lowest BCUT2D eigenvalue weighted by atomic mass is 10.1. The van der Waals surface area contributed by atoms with Gasteiger partial charge in [0.2, 0.25) is 5.91 Å². The van der Waals surface area contributed by atoms with Gasteiger partial charge in [-0.1, -0.05) is 18.2 Å². The van der Waals surface area contributed by atoms with E-state index in [2.05, 4.69) is 28.8 Å². The zero-order valence-corrected chi connectivity index (χ0v) is 11.1. The van der Waals surface area contributed by atoms with Crippen molar-refractivity contribution in [2.45, 2.75) is 19.6 Å². The molecular formula is C16H16N2O2. The van der Waals surface area contributed by atoms with E-state index in [9.17, 15) is 4.79 Å². The van der Waals surface area contributed by atoms with Gasteiger partial charge < -0.3 is 15.1 Å². The fourth-order valence-electron chi connectivity index (χ4n) is 2.25. The van der Waals surface area contributed by atoms with Crippen LogP contribution < -0.4 is 10.6 Å². The fraction of sp³-hybridized carbons (Fsp3) is 0.188. The van der Waals surface area contributed by atoms with Crippen LogP contribution in [0.15, 0.2) is 47.1 Å². The first-order chi connectivity index (χ1) is 9.81. The third kappa shape index (κ3) is 2.97. The average molecular weight is 268 g/mol. The summed E-state index contributed by atoms with van der Waals surface area (Å²) in [5, 5.41) is 6.17. The smallest absolute Gasteiger partial charge is 0.244 e. The molecule has 102 valence electrons. The molecule has 1 aliphatic rings. The number of benzene rings is 1. The van der Waals surface area contributed by atoms with Crippen LogP contribution in [0.1, 0.15) is 22.5 Å². The number of hydrogen-bond acceptors (Lipinski definition) is 3. The van der Waals surface area contributed by atoms with Gasteiger partial charge in [-0.25, -0.2) is 0 Å². The molecule has 1 aliphatic heterocycles. The first kappa shape index (κ1) is 12.7. The van der Waals surface area contributed by atoms with E-state index < -0.39 is 0 Å². The predicted molar refractivity (Wildman–Crippen MR) is 76.6 cm³/mol. The molecule has 0 atom stereocenters.